The third-order valence-corrected chi connectivity index (χ3v) is 5.56. The van der Waals surface area contributed by atoms with Crippen LogP contribution in [-0.4, -0.2) is 5.75 Å². The van der Waals surface area contributed by atoms with E-state index in [1.807, 2.05) is 0 Å². The Morgan fingerprint density at radius 1 is 0.769 bits per heavy atom. The molecule has 0 bridgehead atoms. The van der Waals surface area contributed by atoms with Crippen LogP contribution in [0.1, 0.15) is 16.7 Å². The van der Waals surface area contributed by atoms with Gasteiger partial charge >= 0.3 is 0 Å². The third-order valence-electron chi connectivity index (χ3n) is 4.13. The first-order valence-corrected chi connectivity index (χ1v) is 8.91. The molecule has 0 nitrogen and oxygen atoms in total. The van der Waals surface area contributed by atoms with Crippen molar-refractivity contribution in [3.05, 3.63) is 107 Å². The van der Waals surface area contributed by atoms with E-state index >= 15 is 0 Å². The van der Waals surface area contributed by atoms with Crippen LogP contribution in [-0.2, 0) is 4.75 Å². The minimum Gasteiger partial charge on any atom is -0.207 e. The highest BCUT2D eigenvalue weighted by Crippen LogP contribution is 2.49. The van der Waals surface area contributed by atoms with Crippen molar-refractivity contribution in [1.82, 2.24) is 0 Å². The summed E-state index contributed by atoms with van der Waals surface area (Å²) in [6, 6.07) is 18.1. The molecule has 0 aliphatic carbocycles. The molecule has 0 aliphatic heterocycles. The molecule has 4 heteroatoms. The van der Waals surface area contributed by atoms with Gasteiger partial charge in [0.2, 0.25) is 0 Å². The van der Waals surface area contributed by atoms with E-state index in [4.69, 9.17) is 6.42 Å². The van der Waals surface area contributed by atoms with E-state index in [-0.39, 0.29) is 0 Å². The van der Waals surface area contributed by atoms with Crippen LogP contribution in [0.25, 0.3) is 0 Å². The van der Waals surface area contributed by atoms with Crippen LogP contribution in [0, 0.1) is 29.8 Å². The van der Waals surface area contributed by atoms with Gasteiger partial charge in [-0.2, -0.15) is 0 Å². The molecule has 0 amide bonds. The Morgan fingerprint density at radius 3 is 1.73 bits per heavy atom. The lowest BCUT2D eigenvalue weighted by Gasteiger charge is -2.35. The Balaban J connectivity index is 2.34. The average molecular weight is 368 g/mol. The fourth-order valence-corrected chi connectivity index (χ4v) is 4.21. The molecule has 3 aromatic rings. The highest BCUT2D eigenvalue weighted by Gasteiger charge is 2.39. The highest BCUT2D eigenvalue weighted by atomic mass is 32.2. The predicted octanol–water partition coefficient (Wildman–Crippen LogP) is 5.76. The molecule has 0 saturated carbocycles. The van der Waals surface area contributed by atoms with E-state index in [2.05, 4.69) is 5.92 Å². The van der Waals surface area contributed by atoms with E-state index in [1.54, 1.807) is 42.5 Å². The Kier molecular flexibility index (Phi) is 5.39. The third kappa shape index (κ3) is 3.36. The summed E-state index contributed by atoms with van der Waals surface area (Å²) >= 11 is 1.33. The molecule has 0 spiro atoms. The molecule has 3 rings (SSSR count). The molecule has 3 aromatic carbocycles. The first-order valence-electron chi connectivity index (χ1n) is 7.92. The molecular formula is C22H15F3S. The van der Waals surface area contributed by atoms with Crippen molar-refractivity contribution in [3.8, 4) is 12.3 Å². The maximum atomic E-state index is 14.8. The number of thioether (sulfide) groups is 1. The molecule has 0 aromatic heterocycles. The van der Waals surface area contributed by atoms with Crippen molar-refractivity contribution < 1.29 is 13.2 Å². The van der Waals surface area contributed by atoms with Gasteiger partial charge < -0.3 is 0 Å². The summed E-state index contributed by atoms with van der Waals surface area (Å²) in [7, 11) is 0. The maximum Gasteiger partial charge on any atom is 0.128 e. The lowest BCUT2D eigenvalue weighted by molar-refractivity contribution is 0.598. The Hall–Kier alpha value is -2.64. The molecule has 0 heterocycles. The second-order valence-electron chi connectivity index (χ2n) is 5.67. The molecule has 0 N–H and O–H groups in total. The summed E-state index contributed by atoms with van der Waals surface area (Å²) in [6.07, 6.45) is 5.47. The van der Waals surface area contributed by atoms with Crippen LogP contribution in [0.2, 0.25) is 0 Å². The molecular weight excluding hydrogens is 353 g/mol. The second-order valence-corrected chi connectivity index (χ2v) is 6.86. The van der Waals surface area contributed by atoms with E-state index in [0.717, 1.165) is 0 Å². The van der Waals surface area contributed by atoms with Crippen LogP contribution in [0.5, 0.6) is 0 Å². The highest BCUT2D eigenvalue weighted by molar-refractivity contribution is 8.00. The largest absolute Gasteiger partial charge is 0.207 e. The summed E-state index contributed by atoms with van der Waals surface area (Å²) in [5, 5.41) is 0. The van der Waals surface area contributed by atoms with Crippen molar-refractivity contribution in [2.24, 2.45) is 0 Å². The molecule has 0 aliphatic rings. The van der Waals surface area contributed by atoms with E-state index in [0.29, 0.717) is 22.4 Å². The average Bonchev–Trinajstić information content (AvgIpc) is 2.66. The van der Waals surface area contributed by atoms with Gasteiger partial charge in [-0.3, -0.25) is 0 Å². The first kappa shape index (κ1) is 18.2. The molecule has 26 heavy (non-hydrogen) atoms. The number of terminal acetylenes is 1. The van der Waals surface area contributed by atoms with Crippen molar-refractivity contribution in [2.75, 3.05) is 5.75 Å². The standard InChI is InChI=1S/C22H15F3S/c1-2-15-26-22(16-7-11-18(23)12-8-16,17-9-13-19(24)14-10-17)20-5-3-4-6-21(20)25/h1,3-14H,15H2. The molecule has 130 valence electrons. The smallest absolute Gasteiger partial charge is 0.128 e. The van der Waals surface area contributed by atoms with Gasteiger partial charge in [0.15, 0.2) is 0 Å². The predicted molar refractivity (Wildman–Crippen MR) is 100 cm³/mol. The number of hydrogen-bond acceptors (Lipinski definition) is 1. The lowest BCUT2D eigenvalue weighted by Crippen LogP contribution is -2.27. The van der Waals surface area contributed by atoms with Crippen LogP contribution < -0.4 is 0 Å². The Bertz CT molecular complexity index is 879. The van der Waals surface area contributed by atoms with Crippen molar-refractivity contribution in [1.29, 1.82) is 0 Å². The molecule has 0 atom stereocenters. The van der Waals surface area contributed by atoms with Crippen molar-refractivity contribution in [2.45, 2.75) is 4.75 Å². The van der Waals surface area contributed by atoms with Gasteiger partial charge in [0.25, 0.3) is 0 Å². The molecule has 0 unspecified atom stereocenters. The van der Waals surface area contributed by atoms with Crippen molar-refractivity contribution in [3.63, 3.8) is 0 Å². The summed E-state index contributed by atoms with van der Waals surface area (Å²) in [4.78, 5) is 0. The van der Waals surface area contributed by atoms with Gasteiger partial charge in [-0.1, -0.05) is 48.4 Å². The number of benzene rings is 3. The first-order chi connectivity index (χ1) is 12.6. The van der Waals surface area contributed by atoms with Crippen LogP contribution >= 0.6 is 11.8 Å². The normalized spacial score (nSPS) is 11.2. The van der Waals surface area contributed by atoms with Crippen LogP contribution in [0.3, 0.4) is 0 Å². The minimum absolute atomic E-state index is 0.295. The fraction of sp³-hybridized carbons (Fsp3) is 0.0909. The zero-order chi connectivity index (χ0) is 18.6. The van der Waals surface area contributed by atoms with Gasteiger partial charge in [-0.25, -0.2) is 13.2 Å². The quantitative estimate of drug-likeness (QED) is 0.407. The van der Waals surface area contributed by atoms with Gasteiger partial charge in [0.05, 0.1) is 10.5 Å². The number of hydrogen-bond donors (Lipinski definition) is 0. The van der Waals surface area contributed by atoms with E-state index in [1.165, 1.54) is 42.1 Å². The van der Waals surface area contributed by atoms with Gasteiger partial charge in [-0.05, 0) is 41.5 Å². The Labute approximate surface area is 155 Å². The zero-order valence-electron chi connectivity index (χ0n) is 13.8. The summed E-state index contributed by atoms with van der Waals surface area (Å²) in [5.41, 5.74) is 1.71. The van der Waals surface area contributed by atoms with E-state index in [9.17, 15) is 13.2 Å². The Morgan fingerprint density at radius 2 is 1.27 bits per heavy atom. The number of rotatable bonds is 5. The van der Waals surface area contributed by atoms with E-state index < -0.39 is 22.2 Å². The van der Waals surface area contributed by atoms with Gasteiger partial charge in [0.1, 0.15) is 17.5 Å². The summed E-state index contributed by atoms with van der Waals surface area (Å²) in [5.74, 6) is 1.67. The minimum atomic E-state index is -1.03. The van der Waals surface area contributed by atoms with Gasteiger partial charge in [0, 0.05) is 5.56 Å². The molecule has 0 fully saturated rings. The van der Waals surface area contributed by atoms with Crippen molar-refractivity contribution >= 4 is 11.8 Å². The van der Waals surface area contributed by atoms with Gasteiger partial charge in [-0.15, -0.1) is 18.2 Å². The van der Waals surface area contributed by atoms with Crippen LogP contribution in [0.4, 0.5) is 13.2 Å². The summed E-state index contributed by atoms with van der Waals surface area (Å²) in [6.45, 7) is 0. The SMILES string of the molecule is C#CCSC(c1ccc(F)cc1)(c1ccc(F)cc1)c1ccccc1F. The monoisotopic (exact) mass is 368 g/mol. The fourth-order valence-electron chi connectivity index (χ4n) is 2.99. The topological polar surface area (TPSA) is 0 Å². The molecule has 0 radical (unpaired) electrons. The number of halogens is 3. The van der Waals surface area contributed by atoms with Crippen LogP contribution in [0.15, 0.2) is 72.8 Å². The maximum absolute atomic E-state index is 14.8. The zero-order valence-corrected chi connectivity index (χ0v) is 14.6. The summed E-state index contributed by atoms with van der Waals surface area (Å²) < 4.78 is 40.8. The molecule has 0 saturated heterocycles. The lowest BCUT2D eigenvalue weighted by atomic mass is 9.83. The second kappa shape index (κ2) is 7.72.